The van der Waals surface area contributed by atoms with Gasteiger partial charge in [0.15, 0.2) is 11.9 Å². The van der Waals surface area contributed by atoms with Crippen LogP contribution in [0.4, 0.5) is 0 Å². The Balaban J connectivity index is 3.39. The fourth-order valence-corrected chi connectivity index (χ4v) is 5.31. The molecule has 0 saturated heterocycles. The third-order valence-electron chi connectivity index (χ3n) is 8.39. The summed E-state index contributed by atoms with van der Waals surface area (Å²) < 4.78 is 0. The SMILES string of the molecule is CC[C@H](C)[C@H](NC(=O)[C@H](CCCN=C(N)N)NC(=O)[C@H](CCCN=C(N)N)NC(=O)[C@H](CC(C)C)NC(=O)[C@H](Cc1ccccc1)NC(=O)CN)C(=O)O. The summed E-state index contributed by atoms with van der Waals surface area (Å²) in [7, 11) is 0. The van der Waals surface area contributed by atoms with Gasteiger partial charge in [0.05, 0.1) is 6.54 Å². The molecule has 0 bridgehead atoms. The molecule has 0 radical (unpaired) electrons. The summed E-state index contributed by atoms with van der Waals surface area (Å²) in [5.74, 6) is -5.48. The van der Waals surface area contributed by atoms with Crippen LogP contribution in [0.5, 0.6) is 0 Å². The van der Waals surface area contributed by atoms with Gasteiger partial charge in [0, 0.05) is 19.5 Å². The van der Waals surface area contributed by atoms with Crippen molar-refractivity contribution in [3.63, 3.8) is 0 Å². The second-order valence-corrected chi connectivity index (χ2v) is 13.4. The van der Waals surface area contributed by atoms with E-state index in [0.29, 0.717) is 6.42 Å². The van der Waals surface area contributed by atoms with Gasteiger partial charge < -0.3 is 60.4 Å². The average Bonchev–Trinajstić information content (AvgIpc) is 3.11. The van der Waals surface area contributed by atoms with Gasteiger partial charge in [-0.05, 0) is 49.5 Å². The molecule has 1 rings (SSSR count). The second kappa shape index (κ2) is 24.7. The molecular weight excluding hydrogens is 700 g/mol. The molecule has 0 fully saturated rings. The fraction of sp³-hybridized carbons (Fsp3) is 0.600. The lowest BCUT2D eigenvalue weighted by Gasteiger charge is -2.28. The highest BCUT2D eigenvalue weighted by Crippen LogP contribution is 2.12. The van der Waals surface area contributed by atoms with Gasteiger partial charge in [-0.25, -0.2) is 4.79 Å². The number of nitrogens with zero attached hydrogens (tertiary/aromatic N) is 2. The molecule has 0 aliphatic carbocycles. The van der Waals surface area contributed by atoms with Crippen molar-refractivity contribution in [3.05, 3.63) is 35.9 Å². The third kappa shape index (κ3) is 18.3. The van der Waals surface area contributed by atoms with Crippen molar-refractivity contribution in [2.75, 3.05) is 19.6 Å². The molecule has 5 amide bonds. The van der Waals surface area contributed by atoms with E-state index in [4.69, 9.17) is 28.7 Å². The van der Waals surface area contributed by atoms with E-state index in [0.717, 1.165) is 5.56 Å². The molecule has 19 heteroatoms. The van der Waals surface area contributed by atoms with Crippen LogP contribution in [-0.2, 0) is 35.2 Å². The molecule has 0 heterocycles. The Morgan fingerprint density at radius 3 is 1.59 bits per heavy atom. The van der Waals surface area contributed by atoms with Gasteiger partial charge in [0.2, 0.25) is 29.5 Å². The van der Waals surface area contributed by atoms with Crippen molar-refractivity contribution < 1.29 is 33.9 Å². The van der Waals surface area contributed by atoms with E-state index < -0.39 is 71.6 Å². The van der Waals surface area contributed by atoms with Crippen LogP contribution in [-0.4, -0.2) is 102 Å². The number of carbonyl (C=O) groups is 6. The van der Waals surface area contributed by atoms with E-state index in [1.165, 1.54) is 0 Å². The fourth-order valence-electron chi connectivity index (χ4n) is 5.31. The first-order valence-corrected chi connectivity index (χ1v) is 18.1. The van der Waals surface area contributed by atoms with Crippen molar-refractivity contribution in [3.8, 4) is 0 Å². The maximum absolute atomic E-state index is 13.9. The van der Waals surface area contributed by atoms with Crippen molar-refractivity contribution in [1.29, 1.82) is 0 Å². The average molecular weight is 761 g/mol. The van der Waals surface area contributed by atoms with Crippen LogP contribution in [0.15, 0.2) is 40.3 Å². The Bertz CT molecular complexity index is 1430. The number of aliphatic imine (C=N–C) groups is 2. The van der Waals surface area contributed by atoms with E-state index in [1.807, 2.05) is 19.9 Å². The quantitative estimate of drug-likeness (QED) is 0.0290. The minimum absolute atomic E-state index is 0.0207. The highest BCUT2D eigenvalue weighted by Gasteiger charge is 2.33. The van der Waals surface area contributed by atoms with E-state index in [2.05, 4.69) is 36.6 Å². The van der Waals surface area contributed by atoms with E-state index >= 15 is 0 Å². The van der Waals surface area contributed by atoms with Crippen LogP contribution in [0.3, 0.4) is 0 Å². The summed E-state index contributed by atoms with van der Waals surface area (Å²) in [6, 6.07) is 3.07. The zero-order valence-electron chi connectivity index (χ0n) is 31.7. The van der Waals surface area contributed by atoms with E-state index in [9.17, 15) is 33.9 Å². The first-order chi connectivity index (χ1) is 25.5. The zero-order valence-corrected chi connectivity index (χ0v) is 31.7. The lowest BCUT2D eigenvalue weighted by Crippen LogP contribution is -2.59. The monoisotopic (exact) mass is 760 g/mol. The number of hydrogen-bond donors (Lipinski definition) is 11. The maximum Gasteiger partial charge on any atom is 0.326 e. The molecule has 0 saturated carbocycles. The van der Waals surface area contributed by atoms with Gasteiger partial charge in [0.25, 0.3) is 0 Å². The third-order valence-corrected chi connectivity index (χ3v) is 8.39. The van der Waals surface area contributed by atoms with Crippen molar-refractivity contribution in [1.82, 2.24) is 26.6 Å². The van der Waals surface area contributed by atoms with Gasteiger partial charge >= 0.3 is 5.97 Å². The van der Waals surface area contributed by atoms with Crippen molar-refractivity contribution in [2.45, 2.75) is 103 Å². The molecule has 302 valence electrons. The van der Waals surface area contributed by atoms with Crippen LogP contribution < -0.4 is 55.3 Å². The summed E-state index contributed by atoms with van der Waals surface area (Å²) in [6.45, 7) is 7.04. The molecule has 0 aliphatic heterocycles. The van der Waals surface area contributed by atoms with E-state index in [-0.39, 0.29) is 76.0 Å². The van der Waals surface area contributed by atoms with Gasteiger partial charge in [-0.1, -0.05) is 64.4 Å². The number of benzene rings is 1. The molecule has 1 aromatic carbocycles. The summed E-state index contributed by atoms with van der Waals surface area (Å²) in [5.41, 5.74) is 28.0. The number of carbonyl (C=O) groups excluding carboxylic acids is 5. The Morgan fingerprint density at radius 1 is 0.685 bits per heavy atom. The van der Waals surface area contributed by atoms with E-state index in [1.54, 1.807) is 38.1 Å². The van der Waals surface area contributed by atoms with Gasteiger partial charge in [-0.2, -0.15) is 0 Å². The molecule has 0 aliphatic rings. The zero-order chi connectivity index (χ0) is 40.8. The van der Waals surface area contributed by atoms with Gasteiger partial charge in [-0.15, -0.1) is 0 Å². The van der Waals surface area contributed by atoms with Crippen LogP contribution in [0.1, 0.15) is 71.8 Å². The van der Waals surface area contributed by atoms with Gasteiger partial charge in [0.1, 0.15) is 30.2 Å². The first-order valence-electron chi connectivity index (χ1n) is 18.1. The number of aliphatic carboxylic acids is 1. The standard InChI is InChI=1S/C35H60N12O7/c1-5-21(4)28(33(53)54)47-30(50)24(14-10-16-42-35(39)40)44-29(49)23(13-9-15-41-34(37)38)45-31(51)25(17-20(2)3)46-32(52)26(43-27(48)19-36)18-22-11-7-6-8-12-22/h6-8,11-12,20-21,23-26,28H,5,9-10,13-19,36H2,1-4H3,(H,43,48)(H,44,49)(H,45,51)(H,46,52)(H,47,50)(H,53,54)(H4,37,38,41)(H4,39,40,42)/t21-,23-,24-,25-,26-,28-/m0/s1. The molecule has 54 heavy (non-hydrogen) atoms. The number of carboxylic acid groups (broad SMARTS) is 1. The van der Waals surface area contributed by atoms with Crippen molar-refractivity contribution in [2.24, 2.45) is 50.5 Å². The second-order valence-electron chi connectivity index (χ2n) is 13.4. The Hall–Kier alpha value is -5.46. The van der Waals surface area contributed by atoms with Gasteiger partial charge in [-0.3, -0.25) is 34.0 Å². The lowest BCUT2D eigenvalue weighted by atomic mass is 9.98. The number of nitrogens with two attached hydrogens (primary N) is 5. The highest BCUT2D eigenvalue weighted by molar-refractivity contribution is 5.96. The number of amides is 5. The Kier molecular flexibility index (Phi) is 21.3. The summed E-state index contributed by atoms with van der Waals surface area (Å²) in [5, 5.41) is 23.0. The summed E-state index contributed by atoms with van der Waals surface area (Å²) in [6.07, 6.45) is 1.28. The largest absolute Gasteiger partial charge is 0.480 e. The Morgan fingerprint density at radius 2 is 1.15 bits per heavy atom. The molecule has 16 N–H and O–H groups in total. The molecule has 0 unspecified atom stereocenters. The lowest BCUT2D eigenvalue weighted by molar-refractivity contribution is -0.144. The van der Waals surface area contributed by atoms with Crippen LogP contribution >= 0.6 is 0 Å². The molecule has 19 nitrogen and oxygen atoms in total. The summed E-state index contributed by atoms with van der Waals surface area (Å²) >= 11 is 0. The summed E-state index contributed by atoms with van der Waals surface area (Å²) in [4.78, 5) is 86.9. The number of rotatable bonds is 25. The number of nitrogens with one attached hydrogen (secondary N) is 5. The molecule has 0 spiro atoms. The normalized spacial score (nSPS) is 14.2. The van der Waals surface area contributed by atoms with Crippen LogP contribution in [0, 0.1) is 11.8 Å². The smallest absolute Gasteiger partial charge is 0.326 e. The maximum atomic E-state index is 13.9. The highest BCUT2D eigenvalue weighted by atomic mass is 16.4. The van der Waals surface area contributed by atoms with Crippen LogP contribution in [0.2, 0.25) is 0 Å². The number of carboxylic acids is 1. The molecule has 1 aromatic rings. The van der Waals surface area contributed by atoms with Crippen LogP contribution in [0.25, 0.3) is 0 Å². The molecule has 0 aromatic heterocycles. The first kappa shape index (κ1) is 46.6. The minimum Gasteiger partial charge on any atom is -0.480 e. The Labute approximate surface area is 316 Å². The predicted octanol–water partition coefficient (Wildman–Crippen LogP) is -2.10. The molecular formula is C35H60N12O7. The predicted molar refractivity (Wildman–Crippen MR) is 205 cm³/mol. The molecule has 6 atom stereocenters. The van der Waals surface area contributed by atoms with Crippen molar-refractivity contribution >= 4 is 47.4 Å². The number of guanidine groups is 2. The number of hydrogen-bond acceptors (Lipinski definition) is 9. The minimum atomic E-state index is -1.24. The topological polar surface area (TPSA) is 338 Å².